The fourth-order valence-corrected chi connectivity index (χ4v) is 2.99. The number of hydrogen-bond donors (Lipinski definition) is 2. The van der Waals surface area contributed by atoms with E-state index in [1.165, 1.54) is 12.6 Å². The summed E-state index contributed by atoms with van der Waals surface area (Å²) >= 11 is 0. The minimum absolute atomic E-state index is 0.212. The van der Waals surface area contributed by atoms with Crippen LogP contribution in [0.1, 0.15) is 58.5 Å². The standard InChI is InChI=1S/C19H22N4O2/c24-18(22-13-14-6-9-20-10-7-14)15-8-11-21-17(12-15)19(25)23-16-4-2-1-3-5-16/h6-12,16H,1-5,13H2,(H,22,24)(H,23,25). The Kier molecular flexibility index (Phi) is 5.72. The van der Waals surface area contributed by atoms with E-state index in [9.17, 15) is 9.59 Å². The number of carbonyl (C=O) groups excluding carboxylic acids is 2. The Bertz CT molecular complexity index is 727. The van der Waals surface area contributed by atoms with Crippen LogP contribution in [0.3, 0.4) is 0 Å². The number of carbonyl (C=O) groups is 2. The van der Waals surface area contributed by atoms with Crippen molar-refractivity contribution in [2.75, 3.05) is 0 Å². The monoisotopic (exact) mass is 338 g/mol. The molecule has 0 unspecified atom stereocenters. The van der Waals surface area contributed by atoms with Gasteiger partial charge in [-0.05, 0) is 42.7 Å². The summed E-state index contributed by atoms with van der Waals surface area (Å²) in [7, 11) is 0. The third kappa shape index (κ3) is 4.86. The first kappa shape index (κ1) is 17.1. The van der Waals surface area contributed by atoms with Gasteiger partial charge in [0.05, 0.1) is 0 Å². The topological polar surface area (TPSA) is 84.0 Å². The Morgan fingerprint density at radius 1 is 1.00 bits per heavy atom. The fourth-order valence-electron chi connectivity index (χ4n) is 2.99. The van der Waals surface area contributed by atoms with Crippen molar-refractivity contribution < 1.29 is 9.59 Å². The first-order valence-electron chi connectivity index (χ1n) is 8.66. The molecule has 0 atom stereocenters. The zero-order valence-corrected chi connectivity index (χ0v) is 14.1. The minimum Gasteiger partial charge on any atom is -0.348 e. The summed E-state index contributed by atoms with van der Waals surface area (Å²) in [5, 5.41) is 5.86. The van der Waals surface area contributed by atoms with Gasteiger partial charge in [0, 0.05) is 36.7 Å². The average Bonchev–Trinajstić information content (AvgIpc) is 2.68. The number of amides is 2. The second-order valence-corrected chi connectivity index (χ2v) is 6.28. The molecule has 2 N–H and O–H groups in total. The van der Waals surface area contributed by atoms with Gasteiger partial charge in [-0.25, -0.2) is 0 Å². The van der Waals surface area contributed by atoms with Crippen LogP contribution in [0.25, 0.3) is 0 Å². The number of rotatable bonds is 5. The highest BCUT2D eigenvalue weighted by molar-refractivity contribution is 5.98. The maximum Gasteiger partial charge on any atom is 0.270 e. The van der Waals surface area contributed by atoms with Crippen LogP contribution < -0.4 is 10.6 Å². The second-order valence-electron chi connectivity index (χ2n) is 6.28. The average molecular weight is 338 g/mol. The molecular weight excluding hydrogens is 316 g/mol. The molecule has 2 aromatic heterocycles. The number of nitrogens with zero attached hydrogens (tertiary/aromatic N) is 2. The molecule has 130 valence electrons. The lowest BCUT2D eigenvalue weighted by molar-refractivity contribution is 0.0922. The van der Waals surface area contributed by atoms with E-state index in [2.05, 4.69) is 20.6 Å². The number of nitrogens with one attached hydrogen (secondary N) is 2. The van der Waals surface area contributed by atoms with Crippen LogP contribution in [0.5, 0.6) is 0 Å². The summed E-state index contributed by atoms with van der Waals surface area (Å²) in [5.74, 6) is -0.443. The van der Waals surface area contributed by atoms with Gasteiger partial charge in [0.2, 0.25) is 0 Å². The Balaban J connectivity index is 1.60. The van der Waals surface area contributed by atoms with Crippen molar-refractivity contribution in [1.29, 1.82) is 0 Å². The molecule has 0 radical (unpaired) electrons. The molecule has 6 heteroatoms. The molecule has 6 nitrogen and oxygen atoms in total. The maximum atomic E-state index is 12.4. The molecular formula is C19H22N4O2. The number of aromatic nitrogens is 2. The molecule has 2 heterocycles. The smallest absolute Gasteiger partial charge is 0.270 e. The van der Waals surface area contributed by atoms with Crippen molar-refractivity contribution in [2.24, 2.45) is 0 Å². The predicted molar refractivity (Wildman–Crippen MR) is 94.0 cm³/mol. The lowest BCUT2D eigenvalue weighted by Crippen LogP contribution is -2.36. The Hall–Kier alpha value is -2.76. The van der Waals surface area contributed by atoms with Gasteiger partial charge in [-0.15, -0.1) is 0 Å². The van der Waals surface area contributed by atoms with Crippen molar-refractivity contribution >= 4 is 11.8 Å². The molecule has 1 fully saturated rings. The first-order valence-corrected chi connectivity index (χ1v) is 8.66. The van der Waals surface area contributed by atoms with Crippen molar-refractivity contribution in [1.82, 2.24) is 20.6 Å². The molecule has 3 rings (SSSR count). The summed E-state index contributed by atoms with van der Waals surface area (Å²) in [5.41, 5.74) is 1.67. The molecule has 2 amide bonds. The van der Waals surface area contributed by atoms with Crippen molar-refractivity contribution in [3.63, 3.8) is 0 Å². The van der Waals surface area contributed by atoms with Gasteiger partial charge in [0.25, 0.3) is 11.8 Å². The van der Waals surface area contributed by atoms with E-state index in [0.29, 0.717) is 12.1 Å². The lowest BCUT2D eigenvalue weighted by atomic mass is 9.95. The first-order chi connectivity index (χ1) is 12.2. The van der Waals surface area contributed by atoms with E-state index >= 15 is 0 Å². The van der Waals surface area contributed by atoms with E-state index < -0.39 is 0 Å². The summed E-state index contributed by atoms with van der Waals surface area (Å²) in [6.07, 6.45) is 10.4. The number of pyridine rings is 2. The molecule has 0 spiro atoms. The van der Waals surface area contributed by atoms with Crippen molar-refractivity contribution in [2.45, 2.75) is 44.7 Å². The van der Waals surface area contributed by atoms with Gasteiger partial charge < -0.3 is 10.6 Å². The van der Waals surface area contributed by atoms with E-state index in [1.54, 1.807) is 24.5 Å². The van der Waals surface area contributed by atoms with Gasteiger partial charge >= 0.3 is 0 Å². The van der Waals surface area contributed by atoms with Crippen LogP contribution in [0, 0.1) is 0 Å². The van der Waals surface area contributed by atoms with Gasteiger partial charge in [-0.1, -0.05) is 19.3 Å². The molecule has 0 saturated heterocycles. The third-order valence-electron chi connectivity index (χ3n) is 4.40. The van der Waals surface area contributed by atoms with E-state index in [0.717, 1.165) is 31.2 Å². The van der Waals surface area contributed by atoms with Gasteiger partial charge in [-0.3, -0.25) is 19.6 Å². The molecule has 0 bridgehead atoms. The molecule has 0 aliphatic heterocycles. The van der Waals surface area contributed by atoms with Crippen molar-refractivity contribution in [3.8, 4) is 0 Å². The highest BCUT2D eigenvalue weighted by Gasteiger charge is 2.18. The molecule has 1 aliphatic carbocycles. The zero-order chi connectivity index (χ0) is 17.5. The summed E-state index contributed by atoms with van der Waals surface area (Å²) in [6, 6.07) is 7.05. The van der Waals surface area contributed by atoms with Crippen LogP contribution in [0.15, 0.2) is 42.9 Å². The fraction of sp³-hybridized carbons (Fsp3) is 0.368. The normalized spacial score (nSPS) is 14.7. The molecule has 0 aromatic carbocycles. The maximum absolute atomic E-state index is 12.4. The lowest BCUT2D eigenvalue weighted by Gasteiger charge is -2.22. The largest absolute Gasteiger partial charge is 0.348 e. The molecule has 25 heavy (non-hydrogen) atoms. The highest BCUT2D eigenvalue weighted by atomic mass is 16.2. The Morgan fingerprint density at radius 3 is 2.52 bits per heavy atom. The number of hydrogen-bond acceptors (Lipinski definition) is 4. The van der Waals surface area contributed by atoms with E-state index in [1.807, 2.05) is 12.1 Å². The van der Waals surface area contributed by atoms with E-state index in [-0.39, 0.29) is 23.6 Å². The van der Waals surface area contributed by atoms with E-state index in [4.69, 9.17) is 0 Å². The van der Waals surface area contributed by atoms with Gasteiger partial charge in [0.15, 0.2) is 0 Å². The van der Waals surface area contributed by atoms with Crippen LogP contribution in [-0.4, -0.2) is 27.8 Å². The molecule has 2 aromatic rings. The van der Waals surface area contributed by atoms with Crippen LogP contribution in [-0.2, 0) is 6.54 Å². The minimum atomic E-state index is -0.231. The summed E-state index contributed by atoms with van der Waals surface area (Å²) in [4.78, 5) is 32.7. The Morgan fingerprint density at radius 2 is 1.76 bits per heavy atom. The highest BCUT2D eigenvalue weighted by Crippen LogP contribution is 2.17. The predicted octanol–water partition coefficient (Wildman–Crippen LogP) is 2.47. The second kappa shape index (κ2) is 8.37. The Labute approximate surface area is 147 Å². The van der Waals surface area contributed by atoms with Gasteiger partial charge in [0.1, 0.15) is 5.69 Å². The SMILES string of the molecule is O=C(NCc1ccncc1)c1ccnc(C(=O)NC2CCCCC2)c1. The van der Waals surface area contributed by atoms with Crippen molar-refractivity contribution in [3.05, 3.63) is 59.7 Å². The summed E-state index contributed by atoms with van der Waals surface area (Å²) in [6.45, 7) is 0.410. The zero-order valence-electron chi connectivity index (χ0n) is 14.1. The van der Waals surface area contributed by atoms with Crippen LogP contribution >= 0.6 is 0 Å². The quantitative estimate of drug-likeness (QED) is 0.877. The van der Waals surface area contributed by atoms with Gasteiger partial charge in [-0.2, -0.15) is 0 Å². The molecule has 1 saturated carbocycles. The summed E-state index contributed by atoms with van der Waals surface area (Å²) < 4.78 is 0. The third-order valence-corrected chi connectivity index (χ3v) is 4.40. The van der Waals surface area contributed by atoms with Crippen LogP contribution in [0.2, 0.25) is 0 Å². The van der Waals surface area contributed by atoms with Crippen LogP contribution in [0.4, 0.5) is 0 Å². The molecule has 1 aliphatic rings.